The van der Waals surface area contributed by atoms with Gasteiger partial charge in [0, 0.05) is 21.3 Å². The minimum absolute atomic E-state index is 0.0630. The number of aromatic nitrogens is 2. The number of nitrogens with one attached hydrogen (secondary N) is 1. The van der Waals surface area contributed by atoms with E-state index in [4.69, 9.17) is 11.6 Å². The van der Waals surface area contributed by atoms with Crippen LogP contribution in [0.2, 0.25) is 5.15 Å². The summed E-state index contributed by atoms with van der Waals surface area (Å²) in [6, 6.07) is 16.7. The van der Waals surface area contributed by atoms with Gasteiger partial charge < -0.3 is 5.11 Å². The molecule has 1 heterocycles. The molecule has 1 atom stereocenters. The van der Waals surface area contributed by atoms with Gasteiger partial charge in [-0.05, 0) is 19.1 Å². The van der Waals surface area contributed by atoms with Crippen LogP contribution in [0.5, 0.6) is 0 Å². The zero-order chi connectivity index (χ0) is 17.1. The minimum Gasteiger partial charge on any atom is -0.478 e. The minimum atomic E-state index is -0.938. The Morgan fingerprint density at radius 2 is 1.83 bits per heavy atom. The van der Waals surface area contributed by atoms with Gasteiger partial charge in [0.15, 0.2) is 0 Å². The van der Waals surface area contributed by atoms with Gasteiger partial charge in [0.25, 0.3) is 0 Å². The monoisotopic (exact) mass is 358 g/mol. The van der Waals surface area contributed by atoms with Crippen LogP contribution >= 0.6 is 23.4 Å². The third-order valence-electron chi connectivity index (χ3n) is 3.63. The summed E-state index contributed by atoms with van der Waals surface area (Å²) in [5.41, 5.74) is 2.91. The second-order valence-corrected chi connectivity index (χ2v) is 6.99. The van der Waals surface area contributed by atoms with Gasteiger partial charge in [-0.25, -0.2) is 4.79 Å². The van der Waals surface area contributed by atoms with Crippen molar-refractivity contribution >= 4 is 29.3 Å². The maximum Gasteiger partial charge on any atom is 0.336 e. The predicted molar refractivity (Wildman–Crippen MR) is 96.7 cm³/mol. The second-order valence-electron chi connectivity index (χ2n) is 5.23. The predicted octanol–water partition coefficient (Wildman–Crippen LogP) is 5.28. The van der Waals surface area contributed by atoms with Crippen LogP contribution in [0.1, 0.15) is 28.1 Å². The normalized spacial score (nSPS) is 12.1. The molecule has 2 N–H and O–H groups in total. The second kappa shape index (κ2) is 7.11. The molecule has 24 heavy (non-hydrogen) atoms. The van der Waals surface area contributed by atoms with Crippen LogP contribution in [-0.4, -0.2) is 21.3 Å². The summed E-state index contributed by atoms with van der Waals surface area (Å²) < 4.78 is 0. The fourth-order valence-electron chi connectivity index (χ4n) is 2.51. The third kappa shape index (κ3) is 3.32. The molecule has 0 saturated heterocycles. The van der Waals surface area contributed by atoms with Crippen LogP contribution < -0.4 is 0 Å². The SMILES string of the molecule is CC(Sc1ccccc1C(=O)O)c1c(-c2ccccc2)n[nH]c1Cl. The fraction of sp³-hybridized carbons (Fsp3) is 0.111. The van der Waals surface area contributed by atoms with Crippen molar-refractivity contribution < 1.29 is 9.90 Å². The van der Waals surface area contributed by atoms with E-state index in [1.165, 1.54) is 11.8 Å². The van der Waals surface area contributed by atoms with Crippen LogP contribution in [-0.2, 0) is 0 Å². The third-order valence-corrected chi connectivity index (χ3v) is 5.12. The number of thioether (sulfide) groups is 1. The van der Waals surface area contributed by atoms with E-state index in [9.17, 15) is 9.90 Å². The lowest BCUT2D eigenvalue weighted by molar-refractivity contribution is 0.0693. The summed E-state index contributed by atoms with van der Waals surface area (Å²) >= 11 is 7.76. The Balaban J connectivity index is 1.96. The molecule has 1 aromatic heterocycles. The number of hydrogen-bond acceptors (Lipinski definition) is 3. The zero-order valence-electron chi connectivity index (χ0n) is 12.9. The first-order valence-electron chi connectivity index (χ1n) is 7.36. The van der Waals surface area contributed by atoms with E-state index in [2.05, 4.69) is 10.2 Å². The van der Waals surface area contributed by atoms with Crippen LogP contribution in [0.3, 0.4) is 0 Å². The topological polar surface area (TPSA) is 66.0 Å². The van der Waals surface area contributed by atoms with E-state index >= 15 is 0 Å². The first-order chi connectivity index (χ1) is 11.6. The molecular formula is C18H15ClN2O2S. The van der Waals surface area contributed by atoms with Gasteiger partial charge in [-0.1, -0.05) is 54.1 Å². The van der Waals surface area contributed by atoms with Crippen molar-refractivity contribution in [3.63, 3.8) is 0 Å². The van der Waals surface area contributed by atoms with Crippen molar-refractivity contribution in [2.24, 2.45) is 0 Å². The summed E-state index contributed by atoms with van der Waals surface area (Å²) in [5.74, 6) is -0.938. The van der Waals surface area contributed by atoms with Gasteiger partial charge in [0.05, 0.1) is 11.3 Å². The molecule has 1 unspecified atom stereocenters. The average Bonchev–Trinajstić information content (AvgIpc) is 2.97. The van der Waals surface area contributed by atoms with Crippen LogP contribution in [0.15, 0.2) is 59.5 Å². The molecular weight excluding hydrogens is 344 g/mol. The Bertz CT molecular complexity index is 864. The highest BCUT2D eigenvalue weighted by Crippen LogP contribution is 2.42. The number of carboxylic acids is 1. The van der Waals surface area contributed by atoms with E-state index in [-0.39, 0.29) is 10.8 Å². The van der Waals surface area contributed by atoms with Gasteiger partial charge in [-0.2, -0.15) is 5.10 Å². The van der Waals surface area contributed by atoms with Crippen LogP contribution in [0.25, 0.3) is 11.3 Å². The lowest BCUT2D eigenvalue weighted by Crippen LogP contribution is -2.00. The molecule has 122 valence electrons. The number of rotatable bonds is 5. The molecule has 4 nitrogen and oxygen atoms in total. The summed E-state index contributed by atoms with van der Waals surface area (Å²) in [5, 5.41) is 16.9. The largest absolute Gasteiger partial charge is 0.478 e. The number of carbonyl (C=O) groups is 1. The number of nitrogens with zero attached hydrogens (tertiary/aromatic N) is 1. The molecule has 0 amide bonds. The zero-order valence-corrected chi connectivity index (χ0v) is 14.4. The summed E-state index contributed by atoms with van der Waals surface area (Å²) in [4.78, 5) is 12.1. The van der Waals surface area contributed by atoms with E-state index < -0.39 is 5.97 Å². The number of hydrogen-bond donors (Lipinski definition) is 2. The van der Waals surface area contributed by atoms with Crippen molar-refractivity contribution in [2.45, 2.75) is 17.1 Å². The van der Waals surface area contributed by atoms with Gasteiger partial charge in [-0.15, -0.1) is 11.8 Å². The van der Waals surface area contributed by atoms with E-state index in [1.807, 2.05) is 43.3 Å². The Labute approximate surface area is 148 Å². The molecule has 0 fully saturated rings. The molecule has 0 radical (unpaired) electrons. The lowest BCUT2D eigenvalue weighted by atomic mass is 10.1. The number of aromatic amines is 1. The summed E-state index contributed by atoms with van der Waals surface area (Å²) in [6.07, 6.45) is 0. The average molecular weight is 359 g/mol. The van der Waals surface area contributed by atoms with E-state index in [0.717, 1.165) is 16.8 Å². The van der Waals surface area contributed by atoms with Crippen LogP contribution in [0, 0.1) is 0 Å². The highest BCUT2D eigenvalue weighted by molar-refractivity contribution is 7.99. The van der Waals surface area contributed by atoms with Crippen molar-refractivity contribution in [1.82, 2.24) is 10.2 Å². The number of halogens is 1. The van der Waals surface area contributed by atoms with Gasteiger partial charge in [-0.3, -0.25) is 5.10 Å². The van der Waals surface area contributed by atoms with Gasteiger partial charge in [0.1, 0.15) is 5.15 Å². The standard InChI is InChI=1S/C18H15ClN2O2S/c1-11(24-14-10-6-5-9-13(14)18(22)23)15-16(20-21-17(15)19)12-7-3-2-4-8-12/h2-11H,1H3,(H,20,21)(H,22,23). The molecule has 0 saturated carbocycles. The number of carboxylic acid groups (broad SMARTS) is 1. The molecule has 0 aliphatic carbocycles. The molecule has 0 aliphatic rings. The maximum absolute atomic E-state index is 11.4. The summed E-state index contributed by atoms with van der Waals surface area (Å²) in [7, 11) is 0. The highest BCUT2D eigenvalue weighted by Gasteiger charge is 2.22. The molecule has 0 spiro atoms. The van der Waals surface area contributed by atoms with Gasteiger partial charge >= 0.3 is 5.97 Å². The fourth-order valence-corrected chi connectivity index (χ4v) is 4.04. The Kier molecular flexibility index (Phi) is 4.92. The van der Waals surface area contributed by atoms with Crippen molar-refractivity contribution in [3.8, 4) is 11.3 Å². The smallest absolute Gasteiger partial charge is 0.336 e. The Morgan fingerprint density at radius 3 is 2.54 bits per heavy atom. The number of H-pyrrole nitrogens is 1. The summed E-state index contributed by atoms with van der Waals surface area (Å²) in [6.45, 7) is 1.99. The maximum atomic E-state index is 11.4. The molecule has 6 heteroatoms. The Hall–Kier alpha value is -2.24. The van der Waals surface area contributed by atoms with E-state index in [1.54, 1.807) is 18.2 Å². The molecule has 0 bridgehead atoms. The Morgan fingerprint density at radius 1 is 1.17 bits per heavy atom. The quantitative estimate of drug-likeness (QED) is 0.609. The molecule has 2 aromatic carbocycles. The number of benzene rings is 2. The molecule has 0 aliphatic heterocycles. The number of aromatic carboxylic acids is 1. The molecule has 3 rings (SSSR count). The van der Waals surface area contributed by atoms with Crippen molar-refractivity contribution in [3.05, 3.63) is 70.9 Å². The van der Waals surface area contributed by atoms with Crippen LogP contribution in [0.4, 0.5) is 0 Å². The molecule has 3 aromatic rings. The first-order valence-corrected chi connectivity index (χ1v) is 8.62. The first kappa shape index (κ1) is 16.6. The van der Waals surface area contributed by atoms with Crippen molar-refractivity contribution in [1.29, 1.82) is 0 Å². The lowest BCUT2D eigenvalue weighted by Gasteiger charge is -2.14. The van der Waals surface area contributed by atoms with Crippen molar-refractivity contribution in [2.75, 3.05) is 0 Å². The van der Waals surface area contributed by atoms with Gasteiger partial charge in [0.2, 0.25) is 0 Å². The highest BCUT2D eigenvalue weighted by atomic mass is 35.5. The van der Waals surface area contributed by atoms with E-state index in [0.29, 0.717) is 10.0 Å².